The number of nitrogens with one attached hydrogen (secondary N) is 1. The van der Waals surface area contributed by atoms with Crippen LogP contribution in [0, 0.1) is 13.8 Å². The van der Waals surface area contributed by atoms with Crippen molar-refractivity contribution in [1.29, 1.82) is 0 Å². The molecule has 0 aliphatic heterocycles. The van der Waals surface area contributed by atoms with Gasteiger partial charge in [-0.2, -0.15) is 0 Å². The maximum atomic E-state index is 12.2. The maximum Gasteiger partial charge on any atom is 0.336 e. The molecule has 0 atom stereocenters. The number of aryl methyl sites for hydroxylation is 2. The Morgan fingerprint density at radius 3 is 2.20 bits per heavy atom. The first-order chi connectivity index (χ1) is 9.34. The normalized spacial score (nSPS) is 16.4. The predicted molar refractivity (Wildman–Crippen MR) is 74.0 cm³/mol. The molecule has 108 valence electrons. The summed E-state index contributed by atoms with van der Waals surface area (Å²) in [6, 6.07) is 3.42. The number of hydrogen-bond donors (Lipinski definition) is 3. The highest BCUT2D eigenvalue weighted by atomic mass is 16.4. The molecule has 1 aromatic rings. The van der Waals surface area contributed by atoms with Gasteiger partial charge in [-0.1, -0.05) is 12.1 Å². The SMILES string of the molecule is Cc1ccc(C)c(C(=O)NCC2(O)CCC2)c1C(=O)O. The molecule has 0 heterocycles. The molecular weight excluding hydrogens is 258 g/mol. The van der Waals surface area contributed by atoms with E-state index in [4.69, 9.17) is 0 Å². The zero-order valence-electron chi connectivity index (χ0n) is 11.7. The standard InChI is InChI=1S/C15H19NO4/c1-9-4-5-10(2)12(14(18)19)11(9)13(17)16-8-15(20)6-3-7-15/h4-5,20H,3,6-8H2,1-2H3,(H,16,17)(H,18,19). The van der Waals surface area contributed by atoms with E-state index in [1.54, 1.807) is 26.0 Å². The molecule has 1 aliphatic rings. The highest BCUT2D eigenvalue weighted by molar-refractivity contribution is 6.06. The fourth-order valence-electron chi connectivity index (χ4n) is 2.47. The van der Waals surface area contributed by atoms with Crippen LogP contribution in [0.15, 0.2) is 12.1 Å². The summed E-state index contributed by atoms with van der Waals surface area (Å²) < 4.78 is 0. The summed E-state index contributed by atoms with van der Waals surface area (Å²) in [5, 5.41) is 21.9. The van der Waals surface area contributed by atoms with Crippen LogP contribution in [0.3, 0.4) is 0 Å². The lowest BCUT2D eigenvalue weighted by Gasteiger charge is -2.36. The summed E-state index contributed by atoms with van der Waals surface area (Å²) in [7, 11) is 0. The summed E-state index contributed by atoms with van der Waals surface area (Å²) in [6.07, 6.45) is 2.30. The van der Waals surface area contributed by atoms with E-state index in [9.17, 15) is 19.8 Å². The number of carboxylic acid groups (broad SMARTS) is 1. The number of carbonyl (C=O) groups is 2. The van der Waals surface area contributed by atoms with E-state index in [1.165, 1.54) is 0 Å². The zero-order chi connectivity index (χ0) is 14.9. The van der Waals surface area contributed by atoms with Gasteiger partial charge in [0.15, 0.2) is 0 Å². The molecule has 3 N–H and O–H groups in total. The Bertz CT molecular complexity index is 561. The van der Waals surface area contributed by atoms with Crippen molar-refractivity contribution in [3.8, 4) is 0 Å². The number of amides is 1. The summed E-state index contributed by atoms with van der Waals surface area (Å²) in [5.41, 5.74) is 0.557. The van der Waals surface area contributed by atoms with Gasteiger partial charge < -0.3 is 15.5 Å². The Labute approximate surface area is 117 Å². The summed E-state index contributed by atoms with van der Waals surface area (Å²) in [6.45, 7) is 3.54. The van der Waals surface area contributed by atoms with Crippen LogP contribution in [-0.4, -0.2) is 34.2 Å². The summed E-state index contributed by atoms with van der Waals surface area (Å²) in [4.78, 5) is 23.6. The van der Waals surface area contributed by atoms with Crippen LogP contribution in [0.25, 0.3) is 0 Å². The van der Waals surface area contributed by atoms with Gasteiger partial charge in [-0.15, -0.1) is 0 Å². The largest absolute Gasteiger partial charge is 0.478 e. The molecule has 0 spiro atoms. The molecule has 2 rings (SSSR count). The number of carboxylic acids is 1. The highest BCUT2D eigenvalue weighted by Crippen LogP contribution is 2.30. The van der Waals surface area contributed by atoms with Crippen molar-refractivity contribution < 1.29 is 19.8 Å². The van der Waals surface area contributed by atoms with Gasteiger partial charge >= 0.3 is 5.97 Å². The van der Waals surface area contributed by atoms with Gasteiger partial charge in [0.1, 0.15) is 0 Å². The van der Waals surface area contributed by atoms with E-state index in [0.29, 0.717) is 24.0 Å². The van der Waals surface area contributed by atoms with Crippen molar-refractivity contribution in [3.05, 3.63) is 34.4 Å². The quantitative estimate of drug-likeness (QED) is 0.781. The molecule has 0 unspecified atom stereocenters. The summed E-state index contributed by atoms with van der Waals surface area (Å²) >= 11 is 0. The number of benzene rings is 1. The van der Waals surface area contributed by atoms with Gasteiger partial charge in [0.05, 0.1) is 16.7 Å². The Morgan fingerprint density at radius 1 is 1.20 bits per heavy atom. The molecule has 1 saturated carbocycles. The number of aliphatic hydroxyl groups is 1. The second kappa shape index (κ2) is 5.25. The second-order valence-corrected chi connectivity index (χ2v) is 5.52. The minimum absolute atomic E-state index is 0.0306. The minimum Gasteiger partial charge on any atom is -0.478 e. The molecule has 0 saturated heterocycles. The topological polar surface area (TPSA) is 86.6 Å². The lowest BCUT2D eigenvalue weighted by Crippen LogP contribution is -2.48. The van der Waals surface area contributed by atoms with E-state index < -0.39 is 17.5 Å². The van der Waals surface area contributed by atoms with Crippen LogP contribution >= 0.6 is 0 Å². The predicted octanol–water partition coefficient (Wildman–Crippen LogP) is 1.65. The van der Waals surface area contributed by atoms with Gasteiger partial charge in [-0.05, 0) is 44.2 Å². The average Bonchev–Trinajstić information content (AvgIpc) is 2.35. The third-order valence-corrected chi connectivity index (χ3v) is 3.93. The molecule has 1 aliphatic carbocycles. The van der Waals surface area contributed by atoms with Gasteiger partial charge in [-0.3, -0.25) is 4.79 Å². The number of rotatable bonds is 4. The fourth-order valence-corrected chi connectivity index (χ4v) is 2.47. The van der Waals surface area contributed by atoms with Gasteiger partial charge in [-0.25, -0.2) is 4.79 Å². The van der Waals surface area contributed by atoms with Crippen LogP contribution in [-0.2, 0) is 0 Å². The third-order valence-electron chi connectivity index (χ3n) is 3.93. The Balaban J connectivity index is 2.24. The molecule has 5 nitrogen and oxygen atoms in total. The molecule has 0 radical (unpaired) electrons. The first kappa shape index (κ1) is 14.5. The molecule has 20 heavy (non-hydrogen) atoms. The molecule has 1 amide bonds. The van der Waals surface area contributed by atoms with Crippen molar-refractivity contribution >= 4 is 11.9 Å². The third kappa shape index (κ3) is 2.67. The second-order valence-electron chi connectivity index (χ2n) is 5.52. The smallest absolute Gasteiger partial charge is 0.336 e. The molecule has 0 bridgehead atoms. The lowest BCUT2D eigenvalue weighted by atomic mass is 9.80. The van der Waals surface area contributed by atoms with Crippen molar-refractivity contribution in [2.24, 2.45) is 0 Å². The number of aromatic carboxylic acids is 1. The van der Waals surface area contributed by atoms with E-state index in [1.807, 2.05) is 0 Å². The first-order valence-electron chi connectivity index (χ1n) is 6.68. The van der Waals surface area contributed by atoms with Crippen molar-refractivity contribution in [2.45, 2.75) is 38.7 Å². The van der Waals surface area contributed by atoms with Gasteiger partial charge in [0.25, 0.3) is 5.91 Å². The molecule has 1 aromatic carbocycles. The highest BCUT2D eigenvalue weighted by Gasteiger charge is 2.35. The van der Waals surface area contributed by atoms with Gasteiger partial charge in [0, 0.05) is 6.54 Å². The Morgan fingerprint density at radius 2 is 1.75 bits per heavy atom. The summed E-state index contributed by atoms with van der Waals surface area (Å²) in [5.74, 6) is -1.55. The van der Waals surface area contributed by atoms with E-state index in [2.05, 4.69) is 5.32 Å². The van der Waals surface area contributed by atoms with Crippen LogP contribution in [0.2, 0.25) is 0 Å². The fraction of sp³-hybridized carbons (Fsp3) is 0.467. The molecular formula is C15H19NO4. The number of hydrogen-bond acceptors (Lipinski definition) is 3. The lowest BCUT2D eigenvalue weighted by molar-refractivity contribution is -0.0300. The van der Waals surface area contributed by atoms with Crippen LogP contribution < -0.4 is 5.32 Å². The van der Waals surface area contributed by atoms with Crippen molar-refractivity contribution in [3.63, 3.8) is 0 Å². The van der Waals surface area contributed by atoms with E-state index in [-0.39, 0.29) is 17.7 Å². The minimum atomic E-state index is -1.11. The van der Waals surface area contributed by atoms with Crippen LogP contribution in [0.5, 0.6) is 0 Å². The van der Waals surface area contributed by atoms with Crippen LogP contribution in [0.1, 0.15) is 51.1 Å². The van der Waals surface area contributed by atoms with Gasteiger partial charge in [0.2, 0.25) is 0 Å². The molecule has 5 heteroatoms. The van der Waals surface area contributed by atoms with Crippen molar-refractivity contribution in [2.75, 3.05) is 6.54 Å². The Kier molecular flexibility index (Phi) is 3.81. The first-order valence-corrected chi connectivity index (χ1v) is 6.68. The molecule has 0 aromatic heterocycles. The zero-order valence-corrected chi connectivity index (χ0v) is 11.7. The number of carbonyl (C=O) groups excluding carboxylic acids is 1. The monoisotopic (exact) mass is 277 g/mol. The van der Waals surface area contributed by atoms with Crippen molar-refractivity contribution in [1.82, 2.24) is 5.32 Å². The molecule has 1 fully saturated rings. The Hall–Kier alpha value is -1.88. The van der Waals surface area contributed by atoms with E-state index >= 15 is 0 Å². The maximum absolute atomic E-state index is 12.2. The van der Waals surface area contributed by atoms with Crippen LogP contribution in [0.4, 0.5) is 0 Å². The van der Waals surface area contributed by atoms with E-state index in [0.717, 1.165) is 6.42 Å². The average molecular weight is 277 g/mol.